The van der Waals surface area contributed by atoms with Gasteiger partial charge >= 0.3 is 0 Å². The van der Waals surface area contributed by atoms with E-state index in [4.69, 9.17) is 5.73 Å². The number of nitrogens with zero attached hydrogens (tertiary/aromatic N) is 1. The predicted molar refractivity (Wildman–Crippen MR) is 46.1 cm³/mol. The minimum atomic E-state index is -0.526. The van der Waals surface area contributed by atoms with E-state index in [1.807, 2.05) is 13.8 Å². The van der Waals surface area contributed by atoms with E-state index in [-0.39, 0.29) is 5.82 Å². The molecule has 1 aromatic heterocycles. The lowest BCUT2D eigenvalue weighted by molar-refractivity contribution is 0.536. The fourth-order valence-electron chi connectivity index (χ4n) is 0.859. The lowest BCUT2D eigenvalue weighted by Gasteiger charge is -2.18. The van der Waals surface area contributed by atoms with Gasteiger partial charge < -0.3 is 5.73 Å². The summed E-state index contributed by atoms with van der Waals surface area (Å²) in [5.74, 6) is -0.300. The molecule has 0 amide bonds. The van der Waals surface area contributed by atoms with Crippen LogP contribution >= 0.6 is 0 Å². The Kier molecular flexibility index (Phi) is 2.15. The molecule has 12 heavy (non-hydrogen) atoms. The Morgan fingerprint density at radius 2 is 2.08 bits per heavy atom. The summed E-state index contributed by atoms with van der Waals surface area (Å²) in [6.07, 6.45) is 1.61. The number of hydrogen-bond donors (Lipinski definition) is 1. The molecule has 0 radical (unpaired) electrons. The van der Waals surface area contributed by atoms with E-state index in [9.17, 15) is 4.39 Å². The fraction of sp³-hybridized carbons (Fsp3) is 0.444. The van der Waals surface area contributed by atoms with Crippen LogP contribution in [0.3, 0.4) is 0 Å². The lowest BCUT2D eigenvalue weighted by Crippen LogP contribution is -2.29. The van der Waals surface area contributed by atoms with Crippen LogP contribution in [0.4, 0.5) is 4.39 Å². The molecule has 0 aliphatic rings. The third-order valence-corrected chi connectivity index (χ3v) is 1.77. The van der Waals surface area contributed by atoms with Gasteiger partial charge in [-0.2, -0.15) is 0 Å². The summed E-state index contributed by atoms with van der Waals surface area (Å²) < 4.78 is 13.0. The lowest BCUT2D eigenvalue weighted by atomic mass is 9.97. The van der Waals surface area contributed by atoms with Crippen molar-refractivity contribution in [1.82, 2.24) is 4.98 Å². The molecular formula is C9H13FN2. The van der Waals surface area contributed by atoms with E-state index in [0.717, 1.165) is 0 Å². The second-order valence-corrected chi connectivity index (χ2v) is 3.51. The summed E-state index contributed by atoms with van der Waals surface area (Å²) >= 11 is 0. The Morgan fingerprint density at radius 1 is 1.50 bits per heavy atom. The predicted octanol–water partition coefficient (Wildman–Crippen LogP) is 1.72. The van der Waals surface area contributed by atoms with Gasteiger partial charge in [-0.25, -0.2) is 4.39 Å². The maximum atomic E-state index is 13.0. The number of aromatic nitrogens is 1. The van der Waals surface area contributed by atoms with Crippen LogP contribution in [0, 0.1) is 12.7 Å². The molecule has 0 saturated carbocycles. The van der Waals surface area contributed by atoms with Crippen LogP contribution in [0.5, 0.6) is 0 Å². The molecule has 1 heterocycles. The molecule has 0 atom stereocenters. The van der Waals surface area contributed by atoms with Crippen LogP contribution in [0.25, 0.3) is 0 Å². The standard InChI is InChI=1S/C9H13FN2/c1-6-8(10)4-7(5-12-6)9(2,3)11/h4-5H,11H2,1-3H3. The van der Waals surface area contributed by atoms with Crippen molar-refractivity contribution in [3.05, 3.63) is 29.3 Å². The molecule has 0 saturated heterocycles. The smallest absolute Gasteiger partial charge is 0.144 e. The highest BCUT2D eigenvalue weighted by atomic mass is 19.1. The van der Waals surface area contributed by atoms with Gasteiger partial charge in [-0.05, 0) is 32.4 Å². The summed E-state index contributed by atoms with van der Waals surface area (Å²) in [7, 11) is 0. The Labute approximate surface area is 71.6 Å². The molecule has 0 aliphatic heterocycles. The van der Waals surface area contributed by atoms with Crippen LogP contribution in [0.1, 0.15) is 25.1 Å². The van der Waals surface area contributed by atoms with E-state index >= 15 is 0 Å². The summed E-state index contributed by atoms with van der Waals surface area (Å²) in [5, 5.41) is 0. The first-order valence-electron chi connectivity index (χ1n) is 3.83. The van der Waals surface area contributed by atoms with Crippen LogP contribution < -0.4 is 5.73 Å². The summed E-state index contributed by atoms with van der Waals surface area (Å²) in [6, 6.07) is 1.43. The first-order chi connectivity index (χ1) is 5.41. The van der Waals surface area contributed by atoms with E-state index in [0.29, 0.717) is 11.3 Å². The molecule has 2 nitrogen and oxygen atoms in total. The zero-order valence-corrected chi connectivity index (χ0v) is 7.56. The van der Waals surface area contributed by atoms with Crippen molar-refractivity contribution < 1.29 is 4.39 Å². The quantitative estimate of drug-likeness (QED) is 0.693. The molecule has 0 aliphatic carbocycles. The molecular weight excluding hydrogens is 155 g/mol. The Balaban J connectivity index is 3.14. The molecule has 66 valence electrons. The average Bonchev–Trinajstić information content (AvgIpc) is 1.92. The number of halogens is 1. The first-order valence-corrected chi connectivity index (χ1v) is 3.83. The highest BCUT2D eigenvalue weighted by Gasteiger charge is 2.15. The van der Waals surface area contributed by atoms with Crippen molar-refractivity contribution in [3.63, 3.8) is 0 Å². The van der Waals surface area contributed by atoms with Crippen molar-refractivity contribution in [1.29, 1.82) is 0 Å². The normalized spacial score (nSPS) is 11.8. The number of rotatable bonds is 1. The van der Waals surface area contributed by atoms with Crippen molar-refractivity contribution in [3.8, 4) is 0 Å². The van der Waals surface area contributed by atoms with Crippen LogP contribution in [0.15, 0.2) is 12.3 Å². The molecule has 1 rings (SSSR count). The minimum absolute atomic E-state index is 0.300. The first kappa shape index (κ1) is 9.13. The van der Waals surface area contributed by atoms with Gasteiger partial charge in [-0.1, -0.05) is 0 Å². The van der Waals surface area contributed by atoms with Gasteiger partial charge in [0, 0.05) is 11.7 Å². The molecule has 0 bridgehead atoms. The second kappa shape index (κ2) is 2.83. The van der Waals surface area contributed by atoms with Gasteiger partial charge in [-0.15, -0.1) is 0 Å². The minimum Gasteiger partial charge on any atom is -0.322 e. The zero-order valence-electron chi connectivity index (χ0n) is 7.56. The second-order valence-electron chi connectivity index (χ2n) is 3.51. The van der Waals surface area contributed by atoms with E-state index in [2.05, 4.69) is 4.98 Å². The van der Waals surface area contributed by atoms with Gasteiger partial charge in [0.25, 0.3) is 0 Å². The van der Waals surface area contributed by atoms with Crippen molar-refractivity contribution in [2.24, 2.45) is 5.73 Å². The Hall–Kier alpha value is -0.960. The van der Waals surface area contributed by atoms with Gasteiger partial charge in [0.15, 0.2) is 0 Å². The highest BCUT2D eigenvalue weighted by Crippen LogP contribution is 2.17. The van der Waals surface area contributed by atoms with Crippen molar-refractivity contribution in [2.45, 2.75) is 26.3 Å². The summed E-state index contributed by atoms with van der Waals surface area (Å²) in [4.78, 5) is 3.89. The molecule has 1 aromatic rings. The fourth-order valence-corrected chi connectivity index (χ4v) is 0.859. The number of pyridine rings is 1. The Bertz CT molecular complexity index is 289. The SMILES string of the molecule is Cc1ncc(C(C)(C)N)cc1F. The molecule has 0 aromatic carbocycles. The average molecular weight is 168 g/mol. The van der Waals surface area contributed by atoms with Gasteiger partial charge in [0.1, 0.15) is 5.82 Å². The largest absolute Gasteiger partial charge is 0.322 e. The van der Waals surface area contributed by atoms with E-state index < -0.39 is 5.54 Å². The number of aryl methyl sites for hydroxylation is 1. The number of nitrogens with two attached hydrogens (primary N) is 1. The molecule has 0 spiro atoms. The van der Waals surface area contributed by atoms with Gasteiger partial charge in [0.05, 0.1) is 5.69 Å². The van der Waals surface area contributed by atoms with Crippen molar-refractivity contribution >= 4 is 0 Å². The highest BCUT2D eigenvalue weighted by molar-refractivity contribution is 5.21. The monoisotopic (exact) mass is 168 g/mol. The van der Waals surface area contributed by atoms with Gasteiger partial charge in [0.2, 0.25) is 0 Å². The molecule has 3 heteroatoms. The van der Waals surface area contributed by atoms with Gasteiger partial charge in [-0.3, -0.25) is 4.98 Å². The third kappa shape index (κ3) is 1.80. The summed E-state index contributed by atoms with van der Waals surface area (Å²) in [6.45, 7) is 5.26. The van der Waals surface area contributed by atoms with Crippen LogP contribution in [-0.2, 0) is 5.54 Å². The third-order valence-electron chi connectivity index (χ3n) is 1.77. The summed E-state index contributed by atoms with van der Waals surface area (Å²) in [5.41, 5.74) is 6.36. The topological polar surface area (TPSA) is 38.9 Å². The van der Waals surface area contributed by atoms with Crippen LogP contribution in [-0.4, -0.2) is 4.98 Å². The molecule has 0 unspecified atom stereocenters. The van der Waals surface area contributed by atoms with E-state index in [1.54, 1.807) is 13.1 Å². The maximum Gasteiger partial charge on any atom is 0.144 e. The van der Waals surface area contributed by atoms with E-state index in [1.165, 1.54) is 6.07 Å². The molecule has 2 N–H and O–H groups in total. The molecule has 0 fully saturated rings. The van der Waals surface area contributed by atoms with Crippen LogP contribution in [0.2, 0.25) is 0 Å². The Morgan fingerprint density at radius 3 is 2.50 bits per heavy atom. The maximum absolute atomic E-state index is 13.0. The number of hydrogen-bond acceptors (Lipinski definition) is 2. The van der Waals surface area contributed by atoms with Crippen molar-refractivity contribution in [2.75, 3.05) is 0 Å². The zero-order chi connectivity index (χ0) is 9.35.